The fourth-order valence-corrected chi connectivity index (χ4v) is 3.50. The van der Waals surface area contributed by atoms with E-state index in [1.807, 2.05) is 30.3 Å². The van der Waals surface area contributed by atoms with E-state index >= 15 is 0 Å². The van der Waals surface area contributed by atoms with Crippen molar-refractivity contribution in [2.45, 2.75) is 12.8 Å². The van der Waals surface area contributed by atoms with Crippen LogP contribution in [0.5, 0.6) is 0 Å². The van der Waals surface area contributed by atoms with Crippen molar-refractivity contribution in [3.05, 3.63) is 44.8 Å². The zero-order chi connectivity index (χ0) is 15.0. The van der Waals surface area contributed by atoms with E-state index in [0.717, 1.165) is 38.0 Å². The first-order valence-corrected chi connectivity index (χ1v) is 8.06. The molecule has 0 saturated heterocycles. The van der Waals surface area contributed by atoms with Crippen molar-refractivity contribution in [1.82, 2.24) is 0 Å². The highest BCUT2D eigenvalue weighted by atomic mass is 79.9. The molecule has 1 heterocycles. The van der Waals surface area contributed by atoms with Gasteiger partial charge in [-0.25, -0.2) is 0 Å². The molecule has 0 radical (unpaired) electrons. The molecule has 0 aromatic heterocycles. The molecule has 1 aliphatic heterocycles. The molecular formula is C15H13Br2N3O. The van der Waals surface area contributed by atoms with Gasteiger partial charge in [-0.3, -0.25) is 4.79 Å². The van der Waals surface area contributed by atoms with Gasteiger partial charge in [-0.15, -0.1) is 0 Å². The van der Waals surface area contributed by atoms with Crippen LogP contribution < -0.4 is 16.4 Å². The van der Waals surface area contributed by atoms with Crippen LogP contribution >= 0.6 is 31.9 Å². The summed E-state index contributed by atoms with van der Waals surface area (Å²) in [6, 6.07) is 9.64. The normalized spacial score (nSPS) is 13.5. The number of carbonyl (C=O) groups is 1. The Balaban J connectivity index is 1.99. The van der Waals surface area contributed by atoms with E-state index in [0.29, 0.717) is 12.1 Å². The van der Waals surface area contributed by atoms with Gasteiger partial charge in [-0.2, -0.15) is 0 Å². The molecule has 6 heteroatoms. The smallest absolute Gasteiger partial charge is 0.224 e. The Morgan fingerprint density at radius 1 is 1.14 bits per heavy atom. The molecular weight excluding hydrogens is 398 g/mol. The first kappa shape index (κ1) is 14.4. The molecule has 4 N–H and O–H groups in total. The molecule has 108 valence electrons. The number of nitrogen functional groups attached to an aromatic ring is 1. The zero-order valence-corrected chi connectivity index (χ0v) is 14.2. The number of hydrogen-bond acceptors (Lipinski definition) is 3. The predicted molar refractivity (Wildman–Crippen MR) is 92.9 cm³/mol. The van der Waals surface area contributed by atoms with Gasteiger partial charge >= 0.3 is 0 Å². The maximum absolute atomic E-state index is 11.5. The minimum Gasteiger partial charge on any atom is -0.397 e. The van der Waals surface area contributed by atoms with E-state index in [1.165, 1.54) is 0 Å². The van der Waals surface area contributed by atoms with Crippen LogP contribution in [-0.4, -0.2) is 5.91 Å². The third kappa shape index (κ3) is 2.91. The Morgan fingerprint density at radius 2 is 1.86 bits per heavy atom. The molecule has 0 unspecified atom stereocenters. The van der Waals surface area contributed by atoms with E-state index in [1.54, 1.807) is 0 Å². The van der Waals surface area contributed by atoms with Crippen LogP contribution in [0.4, 0.5) is 22.7 Å². The van der Waals surface area contributed by atoms with Crippen LogP contribution in [0.2, 0.25) is 0 Å². The van der Waals surface area contributed by atoms with Crippen molar-refractivity contribution in [2.75, 3.05) is 16.4 Å². The number of nitrogens with one attached hydrogen (secondary N) is 2. The van der Waals surface area contributed by atoms with E-state index < -0.39 is 0 Å². The second-order valence-corrected chi connectivity index (χ2v) is 6.58. The number of amides is 1. The van der Waals surface area contributed by atoms with Gasteiger partial charge in [0.15, 0.2) is 0 Å². The third-order valence-electron chi connectivity index (χ3n) is 3.39. The zero-order valence-electron chi connectivity index (χ0n) is 11.0. The summed E-state index contributed by atoms with van der Waals surface area (Å²) in [7, 11) is 0. The number of anilines is 4. The van der Waals surface area contributed by atoms with Crippen LogP contribution in [0.3, 0.4) is 0 Å². The summed E-state index contributed by atoms with van der Waals surface area (Å²) in [5.41, 5.74) is 10.3. The first-order chi connectivity index (χ1) is 10.0. The average Bonchev–Trinajstić information content (AvgIpc) is 2.44. The van der Waals surface area contributed by atoms with Gasteiger partial charge in [-0.1, -0.05) is 6.07 Å². The number of carbonyl (C=O) groups excluding carboxylic acids is 1. The number of nitrogens with two attached hydrogens (primary N) is 1. The Hall–Kier alpha value is -1.53. The monoisotopic (exact) mass is 409 g/mol. The van der Waals surface area contributed by atoms with Crippen molar-refractivity contribution in [3.8, 4) is 0 Å². The molecule has 0 saturated carbocycles. The first-order valence-electron chi connectivity index (χ1n) is 6.48. The van der Waals surface area contributed by atoms with Gasteiger partial charge in [0, 0.05) is 21.1 Å². The summed E-state index contributed by atoms with van der Waals surface area (Å²) in [6.07, 6.45) is 1.24. The summed E-state index contributed by atoms with van der Waals surface area (Å²) in [5.74, 6) is 0.0419. The molecule has 0 fully saturated rings. The largest absolute Gasteiger partial charge is 0.397 e. The minimum atomic E-state index is 0.0419. The highest BCUT2D eigenvalue weighted by Gasteiger charge is 2.17. The molecule has 2 aromatic rings. The summed E-state index contributed by atoms with van der Waals surface area (Å²) < 4.78 is 1.86. The Morgan fingerprint density at radius 3 is 2.57 bits per heavy atom. The van der Waals surface area contributed by atoms with E-state index in [4.69, 9.17) is 5.73 Å². The lowest BCUT2D eigenvalue weighted by atomic mass is 10.0. The van der Waals surface area contributed by atoms with Crippen LogP contribution in [0.1, 0.15) is 12.0 Å². The fraction of sp³-hybridized carbons (Fsp3) is 0.133. The average molecular weight is 411 g/mol. The lowest BCUT2D eigenvalue weighted by Crippen LogP contribution is -2.19. The molecule has 21 heavy (non-hydrogen) atoms. The SMILES string of the molecule is Nc1cc2c(cc1Nc1c(Br)cccc1Br)NC(=O)CC2. The topological polar surface area (TPSA) is 67.2 Å². The van der Waals surface area contributed by atoms with Crippen LogP contribution in [-0.2, 0) is 11.2 Å². The summed E-state index contributed by atoms with van der Waals surface area (Å²) in [6.45, 7) is 0. The molecule has 0 spiro atoms. The lowest BCUT2D eigenvalue weighted by molar-refractivity contribution is -0.116. The minimum absolute atomic E-state index is 0.0419. The Bertz CT molecular complexity index is 711. The van der Waals surface area contributed by atoms with Gasteiger partial charge in [-0.05, 0) is 68.1 Å². The highest BCUT2D eigenvalue weighted by Crippen LogP contribution is 2.37. The second-order valence-electron chi connectivity index (χ2n) is 4.87. The van der Waals surface area contributed by atoms with Crippen molar-refractivity contribution in [2.24, 2.45) is 0 Å². The summed E-state index contributed by atoms with van der Waals surface area (Å²) in [4.78, 5) is 11.5. The molecule has 1 aliphatic rings. The molecule has 3 rings (SSSR count). The van der Waals surface area contributed by atoms with Crippen molar-refractivity contribution in [3.63, 3.8) is 0 Å². The van der Waals surface area contributed by atoms with E-state index in [2.05, 4.69) is 42.5 Å². The molecule has 4 nitrogen and oxygen atoms in total. The van der Waals surface area contributed by atoms with Gasteiger partial charge in [0.05, 0.1) is 17.1 Å². The number of para-hydroxylation sites is 1. The second kappa shape index (κ2) is 5.69. The molecule has 2 aromatic carbocycles. The third-order valence-corrected chi connectivity index (χ3v) is 4.71. The standard InChI is InChI=1S/C15H13Br2N3O/c16-9-2-1-3-10(17)15(9)20-13-7-12-8(6-11(13)18)4-5-14(21)19-12/h1-3,6-7,20H,4-5,18H2,(H,19,21). The van der Waals surface area contributed by atoms with Crippen LogP contribution in [0.15, 0.2) is 39.3 Å². The van der Waals surface area contributed by atoms with Crippen LogP contribution in [0, 0.1) is 0 Å². The molecule has 1 amide bonds. The van der Waals surface area contributed by atoms with Crippen molar-refractivity contribution in [1.29, 1.82) is 0 Å². The quantitative estimate of drug-likeness (QED) is 0.642. The lowest BCUT2D eigenvalue weighted by Gasteiger charge is -2.20. The van der Waals surface area contributed by atoms with Gasteiger partial charge in [0.2, 0.25) is 5.91 Å². The highest BCUT2D eigenvalue weighted by molar-refractivity contribution is 9.11. The van der Waals surface area contributed by atoms with Crippen molar-refractivity contribution >= 4 is 60.5 Å². The predicted octanol–water partition coefficient (Wildman–Crippen LogP) is 4.42. The summed E-state index contributed by atoms with van der Waals surface area (Å²) in [5, 5.41) is 6.19. The summed E-state index contributed by atoms with van der Waals surface area (Å²) >= 11 is 7.02. The van der Waals surface area contributed by atoms with Gasteiger partial charge < -0.3 is 16.4 Å². The number of fused-ring (bicyclic) bond motifs is 1. The number of benzene rings is 2. The number of hydrogen-bond donors (Lipinski definition) is 3. The Labute approximate surface area is 139 Å². The van der Waals surface area contributed by atoms with E-state index in [-0.39, 0.29) is 5.91 Å². The fourth-order valence-electron chi connectivity index (χ4n) is 2.31. The van der Waals surface area contributed by atoms with Gasteiger partial charge in [0.25, 0.3) is 0 Å². The molecule has 0 bridgehead atoms. The molecule has 0 aliphatic carbocycles. The Kier molecular flexibility index (Phi) is 3.91. The van der Waals surface area contributed by atoms with Crippen LogP contribution in [0.25, 0.3) is 0 Å². The molecule has 0 atom stereocenters. The van der Waals surface area contributed by atoms with E-state index in [9.17, 15) is 4.79 Å². The number of rotatable bonds is 2. The maximum Gasteiger partial charge on any atom is 0.224 e. The number of aryl methyl sites for hydroxylation is 1. The van der Waals surface area contributed by atoms with Gasteiger partial charge in [0.1, 0.15) is 0 Å². The maximum atomic E-state index is 11.5. The number of halogens is 2. The van der Waals surface area contributed by atoms with Crippen molar-refractivity contribution < 1.29 is 4.79 Å².